The third-order valence-electron chi connectivity index (χ3n) is 5.30. The minimum Gasteiger partial charge on any atom is -0.468 e. The summed E-state index contributed by atoms with van der Waals surface area (Å²) in [5, 5.41) is 2.61. The molecule has 0 saturated carbocycles. The first-order valence-corrected chi connectivity index (χ1v) is 10.5. The summed E-state index contributed by atoms with van der Waals surface area (Å²) < 4.78 is 4.97. The van der Waals surface area contributed by atoms with E-state index in [1.807, 2.05) is 36.4 Å². The molecule has 0 N–H and O–H groups in total. The molecule has 4 rings (SSSR count). The van der Waals surface area contributed by atoms with Gasteiger partial charge in [-0.1, -0.05) is 55.5 Å². The summed E-state index contributed by atoms with van der Waals surface area (Å²) >= 11 is 1.46. The fourth-order valence-corrected chi connectivity index (χ4v) is 4.46. The minimum absolute atomic E-state index is 0.166. The van der Waals surface area contributed by atoms with Crippen molar-refractivity contribution < 1.29 is 14.3 Å². The molecule has 1 atom stereocenters. The SMILES string of the molecule is CCc1ccc(-c2nc(C(=O)N3Cc4ccccc4C(C(=O)OC)C3)cs2)cc1. The average molecular weight is 407 g/mol. The third kappa shape index (κ3) is 3.80. The van der Waals surface area contributed by atoms with Crippen LogP contribution in [0.1, 0.15) is 40.0 Å². The van der Waals surface area contributed by atoms with Crippen LogP contribution in [-0.4, -0.2) is 35.4 Å². The Balaban J connectivity index is 1.58. The van der Waals surface area contributed by atoms with Crippen LogP contribution in [-0.2, 0) is 22.5 Å². The van der Waals surface area contributed by atoms with Crippen LogP contribution in [0.4, 0.5) is 0 Å². The summed E-state index contributed by atoms with van der Waals surface area (Å²) in [4.78, 5) is 31.7. The molecule has 1 amide bonds. The van der Waals surface area contributed by atoms with Crippen LogP contribution >= 0.6 is 11.3 Å². The summed E-state index contributed by atoms with van der Waals surface area (Å²) in [5.74, 6) is -0.973. The number of ether oxygens (including phenoxy) is 1. The van der Waals surface area contributed by atoms with Crippen molar-refractivity contribution in [2.24, 2.45) is 0 Å². The van der Waals surface area contributed by atoms with Crippen molar-refractivity contribution in [2.45, 2.75) is 25.8 Å². The van der Waals surface area contributed by atoms with E-state index in [9.17, 15) is 9.59 Å². The van der Waals surface area contributed by atoms with Gasteiger partial charge in [-0.3, -0.25) is 9.59 Å². The molecular weight excluding hydrogens is 384 g/mol. The van der Waals surface area contributed by atoms with Crippen molar-refractivity contribution >= 4 is 23.2 Å². The highest BCUT2D eigenvalue weighted by Crippen LogP contribution is 2.31. The van der Waals surface area contributed by atoms with E-state index in [-0.39, 0.29) is 11.9 Å². The number of hydrogen-bond acceptors (Lipinski definition) is 5. The predicted molar refractivity (Wildman–Crippen MR) is 113 cm³/mol. The maximum absolute atomic E-state index is 13.1. The van der Waals surface area contributed by atoms with Crippen LogP contribution in [0.3, 0.4) is 0 Å². The molecule has 0 bridgehead atoms. The number of carbonyl (C=O) groups excluding carboxylic acids is 2. The number of carbonyl (C=O) groups is 2. The molecule has 148 valence electrons. The molecular formula is C23H22N2O3S. The van der Waals surface area contributed by atoms with Crippen LogP contribution < -0.4 is 0 Å². The molecule has 5 nitrogen and oxygen atoms in total. The molecule has 2 heterocycles. The van der Waals surface area contributed by atoms with Gasteiger partial charge in [0.05, 0.1) is 13.0 Å². The molecule has 3 aromatic rings. The zero-order valence-electron chi connectivity index (χ0n) is 16.4. The lowest BCUT2D eigenvalue weighted by atomic mass is 9.89. The zero-order chi connectivity index (χ0) is 20.4. The minimum atomic E-state index is -0.478. The summed E-state index contributed by atoms with van der Waals surface area (Å²) in [6, 6.07) is 15.9. The second kappa shape index (κ2) is 8.17. The molecule has 0 saturated heterocycles. The van der Waals surface area contributed by atoms with E-state index in [1.54, 1.807) is 10.3 Å². The molecule has 0 radical (unpaired) electrons. The van der Waals surface area contributed by atoms with Gasteiger partial charge in [-0.2, -0.15) is 0 Å². The number of aryl methyl sites for hydroxylation is 1. The Morgan fingerprint density at radius 2 is 1.93 bits per heavy atom. The lowest BCUT2D eigenvalue weighted by molar-refractivity contribution is -0.143. The van der Waals surface area contributed by atoms with E-state index < -0.39 is 5.92 Å². The molecule has 6 heteroatoms. The van der Waals surface area contributed by atoms with Gasteiger partial charge in [0, 0.05) is 24.0 Å². The summed E-state index contributed by atoms with van der Waals surface area (Å²) in [6.07, 6.45) is 0.986. The van der Waals surface area contributed by atoms with E-state index in [1.165, 1.54) is 24.0 Å². The monoisotopic (exact) mass is 406 g/mol. The van der Waals surface area contributed by atoms with Gasteiger partial charge in [-0.05, 0) is 23.1 Å². The van der Waals surface area contributed by atoms with E-state index in [4.69, 9.17) is 4.74 Å². The number of benzene rings is 2. The largest absolute Gasteiger partial charge is 0.468 e. The Kier molecular flexibility index (Phi) is 5.45. The number of nitrogens with zero attached hydrogens (tertiary/aromatic N) is 2. The van der Waals surface area contributed by atoms with Crippen molar-refractivity contribution in [3.63, 3.8) is 0 Å². The third-order valence-corrected chi connectivity index (χ3v) is 6.19. The summed E-state index contributed by atoms with van der Waals surface area (Å²) in [6.45, 7) is 2.87. The van der Waals surface area contributed by atoms with Gasteiger partial charge in [0.15, 0.2) is 0 Å². The Bertz CT molecular complexity index is 1040. The number of methoxy groups -OCH3 is 1. The first kappa shape index (κ1) is 19.3. The second-order valence-corrected chi connectivity index (χ2v) is 7.91. The van der Waals surface area contributed by atoms with Crippen molar-refractivity contribution in [3.8, 4) is 10.6 Å². The van der Waals surface area contributed by atoms with Gasteiger partial charge in [0.1, 0.15) is 10.7 Å². The number of fused-ring (bicyclic) bond motifs is 1. The maximum atomic E-state index is 13.1. The van der Waals surface area contributed by atoms with Gasteiger partial charge in [0.2, 0.25) is 0 Å². The van der Waals surface area contributed by atoms with Gasteiger partial charge >= 0.3 is 5.97 Å². The highest BCUT2D eigenvalue weighted by molar-refractivity contribution is 7.13. The quantitative estimate of drug-likeness (QED) is 0.607. The van der Waals surface area contributed by atoms with Crippen molar-refractivity contribution in [1.82, 2.24) is 9.88 Å². The number of aromatic nitrogens is 1. The summed E-state index contributed by atoms with van der Waals surface area (Å²) in [5.41, 5.74) is 4.57. The highest BCUT2D eigenvalue weighted by Gasteiger charge is 2.34. The van der Waals surface area contributed by atoms with Crippen molar-refractivity contribution in [3.05, 3.63) is 76.3 Å². The molecule has 2 aromatic carbocycles. The van der Waals surface area contributed by atoms with Gasteiger partial charge in [0.25, 0.3) is 5.91 Å². The lowest BCUT2D eigenvalue weighted by Gasteiger charge is -2.33. The molecule has 1 aromatic heterocycles. The first-order valence-electron chi connectivity index (χ1n) is 9.60. The van der Waals surface area contributed by atoms with E-state index in [0.29, 0.717) is 18.8 Å². The Morgan fingerprint density at radius 1 is 1.17 bits per heavy atom. The van der Waals surface area contributed by atoms with Gasteiger partial charge < -0.3 is 9.64 Å². The average Bonchev–Trinajstić information content (AvgIpc) is 3.27. The highest BCUT2D eigenvalue weighted by atomic mass is 32.1. The Hall–Kier alpha value is -2.99. The molecule has 0 fully saturated rings. The number of esters is 1. The number of amides is 1. The molecule has 0 spiro atoms. The molecule has 1 aliphatic rings. The fraction of sp³-hybridized carbons (Fsp3) is 0.261. The molecule has 1 unspecified atom stereocenters. The zero-order valence-corrected chi connectivity index (χ0v) is 17.2. The van der Waals surface area contributed by atoms with Crippen LogP contribution in [0.25, 0.3) is 10.6 Å². The predicted octanol–water partition coefficient (Wildman–Crippen LogP) is 4.29. The molecule has 29 heavy (non-hydrogen) atoms. The van der Waals surface area contributed by atoms with E-state index in [2.05, 4.69) is 24.0 Å². The van der Waals surface area contributed by atoms with Crippen molar-refractivity contribution in [2.75, 3.05) is 13.7 Å². The van der Waals surface area contributed by atoms with Crippen LogP contribution in [0.15, 0.2) is 53.9 Å². The summed E-state index contributed by atoms with van der Waals surface area (Å²) in [7, 11) is 1.38. The van der Waals surface area contributed by atoms with Crippen LogP contribution in [0, 0.1) is 0 Å². The van der Waals surface area contributed by atoms with Crippen LogP contribution in [0.5, 0.6) is 0 Å². The Labute approximate surface area is 174 Å². The Morgan fingerprint density at radius 3 is 2.66 bits per heavy atom. The normalized spacial score (nSPS) is 15.7. The first-order chi connectivity index (χ1) is 14.1. The smallest absolute Gasteiger partial charge is 0.314 e. The number of hydrogen-bond donors (Lipinski definition) is 0. The standard InChI is InChI=1S/C23H22N2O3S/c1-3-15-8-10-16(11-9-15)21-24-20(14-29-21)22(26)25-12-17-6-4-5-7-18(17)19(13-25)23(27)28-2/h4-11,14,19H,3,12-13H2,1-2H3. The number of thiazole rings is 1. The second-order valence-electron chi connectivity index (χ2n) is 7.05. The van der Waals surface area contributed by atoms with Crippen molar-refractivity contribution in [1.29, 1.82) is 0 Å². The van der Waals surface area contributed by atoms with E-state index >= 15 is 0 Å². The molecule has 1 aliphatic heterocycles. The van der Waals surface area contributed by atoms with Gasteiger partial charge in [-0.25, -0.2) is 4.98 Å². The fourth-order valence-electron chi connectivity index (χ4n) is 3.66. The topological polar surface area (TPSA) is 59.5 Å². The maximum Gasteiger partial charge on any atom is 0.314 e. The van der Waals surface area contributed by atoms with E-state index in [0.717, 1.165) is 28.1 Å². The lowest BCUT2D eigenvalue weighted by Crippen LogP contribution is -2.41. The van der Waals surface area contributed by atoms with Gasteiger partial charge in [-0.15, -0.1) is 11.3 Å². The molecule has 0 aliphatic carbocycles. The number of rotatable bonds is 4. The van der Waals surface area contributed by atoms with Crippen LogP contribution in [0.2, 0.25) is 0 Å².